The molecule has 0 aliphatic rings. The van der Waals surface area contributed by atoms with Crippen LogP contribution in [0.4, 0.5) is 11.4 Å². The molecule has 30 heavy (non-hydrogen) atoms. The molecule has 0 saturated heterocycles. The smallest absolute Gasteiger partial charge is 0.357 e. The van der Waals surface area contributed by atoms with Crippen LogP contribution < -0.4 is 22.3 Å². The topological polar surface area (TPSA) is 164 Å². The number of benzene rings is 2. The third-order valence-electron chi connectivity index (χ3n) is 4.00. The van der Waals surface area contributed by atoms with E-state index < -0.39 is 41.1 Å². The van der Waals surface area contributed by atoms with Crippen molar-refractivity contribution < 1.29 is 19.1 Å². The number of nitrogens with one attached hydrogen (secondary N) is 3. The Kier molecular flexibility index (Phi) is 5.87. The predicted molar refractivity (Wildman–Crippen MR) is 107 cm³/mol. The van der Waals surface area contributed by atoms with Gasteiger partial charge in [0.25, 0.3) is 11.5 Å². The molecular formula is C20H16N4O6. The van der Waals surface area contributed by atoms with Crippen LogP contribution in [0.2, 0.25) is 0 Å². The summed E-state index contributed by atoms with van der Waals surface area (Å²) in [5, 5.41) is 2.50. The number of ketones is 1. The molecule has 0 fully saturated rings. The van der Waals surface area contributed by atoms with Gasteiger partial charge in [0.05, 0.1) is 5.69 Å². The number of amides is 1. The van der Waals surface area contributed by atoms with E-state index in [1.54, 1.807) is 48.5 Å². The van der Waals surface area contributed by atoms with Crippen molar-refractivity contribution in [1.29, 1.82) is 0 Å². The summed E-state index contributed by atoms with van der Waals surface area (Å²) in [7, 11) is 0. The fourth-order valence-corrected chi connectivity index (χ4v) is 2.58. The monoisotopic (exact) mass is 408 g/mol. The molecule has 1 aromatic heterocycles. The van der Waals surface area contributed by atoms with Crippen molar-refractivity contribution in [3.8, 4) is 0 Å². The van der Waals surface area contributed by atoms with Crippen LogP contribution in [0.3, 0.4) is 0 Å². The number of hydrogen-bond acceptors (Lipinski definition) is 7. The Balaban J connectivity index is 1.71. The third-order valence-corrected chi connectivity index (χ3v) is 4.00. The van der Waals surface area contributed by atoms with Gasteiger partial charge in [0.1, 0.15) is 5.69 Å². The number of esters is 1. The molecule has 3 aromatic rings. The number of anilines is 2. The third kappa shape index (κ3) is 4.50. The minimum absolute atomic E-state index is 0.233. The van der Waals surface area contributed by atoms with Crippen LogP contribution in [0, 0.1) is 0 Å². The molecule has 5 N–H and O–H groups in total. The Morgan fingerprint density at radius 3 is 2.33 bits per heavy atom. The number of H-pyrrole nitrogens is 2. The summed E-state index contributed by atoms with van der Waals surface area (Å²) in [4.78, 5) is 63.5. The van der Waals surface area contributed by atoms with E-state index in [1.807, 2.05) is 9.97 Å². The summed E-state index contributed by atoms with van der Waals surface area (Å²) < 4.78 is 4.80. The highest BCUT2D eigenvalue weighted by Crippen LogP contribution is 2.19. The number of para-hydroxylation sites is 1. The maximum atomic E-state index is 12.7. The van der Waals surface area contributed by atoms with Crippen molar-refractivity contribution in [3.05, 3.63) is 92.3 Å². The molecule has 0 atom stereocenters. The van der Waals surface area contributed by atoms with E-state index in [1.165, 1.54) is 6.07 Å². The average Bonchev–Trinajstić information content (AvgIpc) is 2.75. The summed E-state index contributed by atoms with van der Waals surface area (Å²) in [5.41, 5.74) is 3.37. The molecule has 0 bridgehead atoms. The van der Waals surface area contributed by atoms with Gasteiger partial charge in [0.15, 0.2) is 18.1 Å². The van der Waals surface area contributed by atoms with Crippen LogP contribution in [0.1, 0.15) is 26.4 Å². The van der Waals surface area contributed by atoms with E-state index >= 15 is 0 Å². The SMILES string of the molecule is Nc1c(C(=O)OCC(=O)Nc2ccccc2C(=O)c2ccccc2)[nH]c(=O)[nH]c1=O. The van der Waals surface area contributed by atoms with E-state index in [-0.39, 0.29) is 17.0 Å². The van der Waals surface area contributed by atoms with Gasteiger partial charge < -0.3 is 15.8 Å². The van der Waals surface area contributed by atoms with Crippen LogP contribution in [-0.2, 0) is 9.53 Å². The van der Waals surface area contributed by atoms with Gasteiger partial charge >= 0.3 is 11.7 Å². The maximum Gasteiger partial charge on any atom is 0.357 e. The number of aromatic amines is 2. The first-order chi connectivity index (χ1) is 14.4. The molecule has 10 nitrogen and oxygen atoms in total. The largest absolute Gasteiger partial charge is 0.451 e. The summed E-state index contributed by atoms with van der Waals surface area (Å²) in [6.07, 6.45) is 0. The predicted octanol–water partition coefficient (Wildman–Crippen LogP) is 0.672. The number of rotatable bonds is 6. The Bertz CT molecular complexity index is 1230. The molecule has 3 rings (SSSR count). The lowest BCUT2D eigenvalue weighted by atomic mass is 10.0. The highest BCUT2D eigenvalue weighted by molar-refractivity contribution is 6.14. The van der Waals surface area contributed by atoms with Crippen molar-refractivity contribution in [1.82, 2.24) is 9.97 Å². The molecule has 0 saturated carbocycles. The average molecular weight is 408 g/mol. The molecular weight excluding hydrogens is 392 g/mol. The number of hydrogen-bond donors (Lipinski definition) is 4. The standard InChI is InChI=1S/C20H16N4O6/c21-15-16(23-20(29)24-18(15)27)19(28)30-10-14(25)22-13-9-5-4-8-12(13)17(26)11-6-2-1-3-7-11/h1-9H,10,21H2,(H,22,25)(H2,23,24,27,29). The van der Waals surface area contributed by atoms with Gasteiger partial charge in [-0.25, -0.2) is 9.59 Å². The Morgan fingerprint density at radius 1 is 0.933 bits per heavy atom. The summed E-state index contributed by atoms with van der Waals surface area (Å²) in [5.74, 6) is -2.18. The lowest BCUT2D eigenvalue weighted by molar-refractivity contribution is -0.119. The van der Waals surface area contributed by atoms with E-state index in [0.29, 0.717) is 5.56 Å². The number of aromatic nitrogens is 2. The quantitative estimate of drug-likeness (QED) is 0.344. The van der Waals surface area contributed by atoms with E-state index in [2.05, 4.69) is 5.32 Å². The first-order valence-corrected chi connectivity index (χ1v) is 8.64. The van der Waals surface area contributed by atoms with Gasteiger partial charge in [-0.05, 0) is 12.1 Å². The number of nitrogens with two attached hydrogens (primary N) is 1. The normalized spacial score (nSPS) is 10.3. The number of carbonyl (C=O) groups is 3. The molecule has 1 amide bonds. The first-order valence-electron chi connectivity index (χ1n) is 8.64. The lowest BCUT2D eigenvalue weighted by Gasteiger charge is -2.11. The van der Waals surface area contributed by atoms with Crippen LogP contribution in [0.25, 0.3) is 0 Å². The van der Waals surface area contributed by atoms with Crippen LogP contribution >= 0.6 is 0 Å². The lowest BCUT2D eigenvalue weighted by Crippen LogP contribution is -2.30. The molecule has 0 spiro atoms. The second-order valence-electron chi connectivity index (χ2n) is 6.06. The molecule has 10 heteroatoms. The molecule has 0 radical (unpaired) electrons. The first kappa shape index (κ1) is 20.3. The zero-order chi connectivity index (χ0) is 21.7. The molecule has 0 aliphatic carbocycles. The summed E-state index contributed by atoms with van der Waals surface area (Å²) in [6, 6.07) is 14.9. The van der Waals surface area contributed by atoms with E-state index in [4.69, 9.17) is 10.5 Å². The minimum Gasteiger partial charge on any atom is -0.451 e. The number of carbonyl (C=O) groups excluding carboxylic acids is 3. The number of ether oxygens (including phenoxy) is 1. The molecule has 0 aliphatic heterocycles. The second kappa shape index (κ2) is 8.69. The molecule has 0 unspecified atom stereocenters. The zero-order valence-electron chi connectivity index (χ0n) is 15.4. The van der Waals surface area contributed by atoms with Gasteiger partial charge in [0, 0.05) is 11.1 Å². The minimum atomic E-state index is -1.15. The fraction of sp³-hybridized carbons (Fsp3) is 0.0500. The van der Waals surface area contributed by atoms with Gasteiger partial charge in [0.2, 0.25) is 0 Å². The van der Waals surface area contributed by atoms with E-state index in [0.717, 1.165) is 0 Å². The number of nitrogen functional groups attached to an aromatic ring is 1. The highest BCUT2D eigenvalue weighted by Gasteiger charge is 2.19. The van der Waals surface area contributed by atoms with Gasteiger partial charge in [-0.15, -0.1) is 0 Å². The van der Waals surface area contributed by atoms with Gasteiger partial charge in [-0.2, -0.15) is 0 Å². The second-order valence-corrected chi connectivity index (χ2v) is 6.06. The summed E-state index contributed by atoms with van der Waals surface area (Å²) >= 11 is 0. The van der Waals surface area contributed by atoms with Crippen molar-refractivity contribution in [3.63, 3.8) is 0 Å². The van der Waals surface area contributed by atoms with Crippen LogP contribution in [0.15, 0.2) is 64.2 Å². The van der Waals surface area contributed by atoms with E-state index in [9.17, 15) is 24.0 Å². The molecule has 152 valence electrons. The van der Waals surface area contributed by atoms with Crippen molar-refractivity contribution in [2.75, 3.05) is 17.7 Å². The molecule has 2 aromatic carbocycles. The van der Waals surface area contributed by atoms with Crippen molar-refractivity contribution in [2.24, 2.45) is 0 Å². The van der Waals surface area contributed by atoms with Crippen molar-refractivity contribution in [2.45, 2.75) is 0 Å². The Morgan fingerprint density at radius 2 is 1.60 bits per heavy atom. The van der Waals surface area contributed by atoms with Gasteiger partial charge in [-0.1, -0.05) is 42.5 Å². The maximum absolute atomic E-state index is 12.7. The van der Waals surface area contributed by atoms with Crippen LogP contribution in [-0.4, -0.2) is 34.2 Å². The van der Waals surface area contributed by atoms with Crippen molar-refractivity contribution >= 4 is 29.0 Å². The highest BCUT2D eigenvalue weighted by atomic mass is 16.5. The summed E-state index contributed by atoms with van der Waals surface area (Å²) in [6.45, 7) is -0.735. The Hall–Kier alpha value is -4.47. The molecule has 1 heterocycles. The van der Waals surface area contributed by atoms with Crippen LogP contribution in [0.5, 0.6) is 0 Å². The Labute approximate surface area is 168 Å². The van der Waals surface area contributed by atoms with Gasteiger partial charge in [-0.3, -0.25) is 24.4 Å². The zero-order valence-corrected chi connectivity index (χ0v) is 15.4. The fourth-order valence-electron chi connectivity index (χ4n) is 2.58.